The van der Waals surface area contributed by atoms with E-state index in [2.05, 4.69) is 10.3 Å². The van der Waals surface area contributed by atoms with Crippen LogP contribution >= 0.6 is 0 Å². The minimum atomic E-state index is -4.40. The molecule has 7 heteroatoms. The Hall–Kier alpha value is -1.24. The van der Waals surface area contributed by atoms with Gasteiger partial charge in [0.25, 0.3) is 0 Å². The maximum atomic E-state index is 12.4. The maximum Gasteiger partial charge on any atom is 0.395 e. The number of nitrogens with one attached hydrogen (secondary N) is 1. The van der Waals surface area contributed by atoms with E-state index in [0.29, 0.717) is 0 Å². The van der Waals surface area contributed by atoms with Crippen LogP contribution in [0.25, 0.3) is 0 Å². The van der Waals surface area contributed by atoms with Gasteiger partial charge in [0, 0.05) is 0 Å². The number of nitrogens with zero attached hydrogens (tertiary/aromatic N) is 1. The fourth-order valence-electron chi connectivity index (χ4n) is 1.05. The monoisotopic (exact) mass is 208 g/mol. The van der Waals surface area contributed by atoms with Crippen molar-refractivity contribution < 1.29 is 13.2 Å². The van der Waals surface area contributed by atoms with Crippen LogP contribution in [0.1, 0.15) is 6.92 Å². The lowest BCUT2D eigenvalue weighted by Gasteiger charge is -2.32. The highest BCUT2D eigenvalue weighted by Gasteiger charge is 2.48. The molecule has 0 fully saturated rings. The van der Waals surface area contributed by atoms with Gasteiger partial charge in [0.1, 0.15) is 11.5 Å². The molecule has 1 aliphatic rings. The molecule has 0 saturated carbocycles. The molecule has 4 nitrogen and oxygen atoms in total. The Labute approximate surface area is 78.9 Å². The smallest absolute Gasteiger partial charge is 0.385 e. The van der Waals surface area contributed by atoms with Crippen molar-refractivity contribution >= 4 is 6.34 Å². The molecule has 0 aromatic carbocycles. The van der Waals surface area contributed by atoms with Crippen molar-refractivity contribution in [2.45, 2.75) is 18.8 Å². The third kappa shape index (κ3) is 1.98. The van der Waals surface area contributed by atoms with E-state index in [1.54, 1.807) is 0 Å². The zero-order valence-corrected chi connectivity index (χ0v) is 7.47. The van der Waals surface area contributed by atoms with Gasteiger partial charge in [-0.2, -0.15) is 13.2 Å². The summed E-state index contributed by atoms with van der Waals surface area (Å²) in [5.74, 6) is -1.72. The summed E-state index contributed by atoms with van der Waals surface area (Å²) in [6.07, 6.45) is -2.27. The van der Waals surface area contributed by atoms with Crippen LogP contribution in [0, 0.1) is 5.92 Å². The molecule has 0 spiro atoms. The summed E-state index contributed by atoms with van der Waals surface area (Å²) in [6, 6.07) is 0. The second-order valence-electron chi connectivity index (χ2n) is 3.15. The minimum absolute atomic E-state index is 0.0681. The first-order valence-corrected chi connectivity index (χ1v) is 3.90. The zero-order chi connectivity index (χ0) is 11.0. The largest absolute Gasteiger partial charge is 0.395 e. The van der Waals surface area contributed by atoms with E-state index in [9.17, 15) is 13.2 Å². The number of alkyl halides is 3. The Bertz CT molecular complexity index is 283. The number of hydrogen-bond donors (Lipinski definition) is 3. The summed E-state index contributed by atoms with van der Waals surface area (Å²) < 4.78 is 37.1. The van der Waals surface area contributed by atoms with Crippen LogP contribution in [0.15, 0.2) is 16.9 Å². The lowest BCUT2D eigenvalue weighted by atomic mass is 9.94. The molecule has 14 heavy (non-hydrogen) atoms. The third-order valence-electron chi connectivity index (χ3n) is 2.09. The fourth-order valence-corrected chi connectivity index (χ4v) is 1.05. The first-order chi connectivity index (χ1) is 6.26. The Balaban J connectivity index is 2.95. The van der Waals surface area contributed by atoms with Crippen LogP contribution in [0.2, 0.25) is 0 Å². The molecule has 0 aromatic rings. The molecule has 0 saturated heterocycles. The van der Waals surface area contributed by atoms with Gasteiger partial charge >= 0.3 is 6.18 Å². The van der Waals surface area contributed by atoms with E-state index in [1.807, 2.05) is 0 Å². The van der Waals surface area contributed by atoms with E-state index in [0.717, 1.165) is 19.3 Å². The highest BCUT2D eigenvalue weighted by molar-refractivity contribution is 5.60. The van der Waals surface area contributed by atoms with Gasteiger partial charge in [-0.3, -0.25) is 0 Å². The van der Waals surface area contributed by atoms with Crippen LogP contribution in [-0.4, -0.2) is 18.2 Å². The molecule has 2 atom stereocenters. The normalized spacial score (nSPS) is 29.4. The van der Waals surface area contributed by atoms with Crippen molar-refractivity contribution in [3.63, 3.8) is 0 Å². The van der Waals surface area contributed by atoms with Gasteiger partial charge < -0.3 is 16.8 Å². The average Bonchev–Trinajstić information content (AvgIpc) is 2.01. The Morgan fingerprint density at radius 1 is 1.57 bits per heavy atom. The molecule has 5 N–H and O–H groups in total. The molecule has 0 radical (unpaired) electrons. The van der Waals surface area contributed by atoms with Crippen molar-refractivity contribution in [3.05, 3.63) is 11.9 Å². The van der Waals surface area contributed by atoms with Gasteiger partial charge in [-0.15, -0.1) is 0 Å². The molecule has 80 valence electrons. The lowest BCUT2D eigenvalue weighted by Crippen LogP contribution is -2.52. The highest BCUT2D eigenvalue weighted by atomic mass is 19.4. The van der Waals surface area contributed by atoms with Crippen molar-refractivity contribution in [2.24, 2.45) is 22.4 Å². The second-order valence-corrected chi connectivity index (χ2v) is 3.15. The minimum Gasteiger partial charge on any atom is -0.385 e. The molecular formula is C7H11F3N4. The van der Waals surface area contributed by atoms with Crippen LogP contribution in [0.4, 0.5) is 13.2 Å². The summed E-state index contributed by atoms with van der Waals surface area (Å²) in [5, 5.41) is 2.44. The Morgan fingerprint density at radius 2 is 2.14 bits per heavy atom. The summed E-state index contributed by atoms with van der Waals surface area (Å²) in [5.41, 5.74) is 8.96. The summed E-state index contributed by atoms with van der Waals surface area (Å²) >= 11 is 0. The van der Waals surface area contributed by atoms with Crippen molar-refractivity contribution in [3.8, 4) is 0 Å². The summed E-state index contributed by atoms with van der Waals surface area (Å²) in [4.78, 5) is 3.54. The summed E-state index contributed by atoms with van der Waals surface area (Å²) in [6.45, 7) is 0.965. The van der Waals surface area contributed by atoms with E-state index >= 15 is 0 Å². The Kier molecular flexibility index (Phi) is 2.45. The molecule has 1 aliphatic heterocycles. The first-order valence-electron chi connectivity index (χ1n) is 3.90. The number of hydrogen-bond acceptors (Lipinski definition) is 4. The molecular weight excluding hydrogens is 197 g/mol. The second kappa shape index (κ2) is 3.16. The number of nitrogens with two attached hydrogens (primary N) is 2. The van der Waals surface area contributed by atoms with E-state index < -0.39 is 17.8 Å². The SMILES string of the molecule is CC(C(F)(F)F)C1(N)C=C(N)NC=N1. The maximum absolute atomic E-state index is 12.4. The molecule has 0 aliphatic carbocycles. The van der Waals surface area contributed by atoms with Crippen LogP contribution in [0.3, 0.4) is 0 Å². The van der Waals surface area contributed by atoms with Crippen molar-refractivity contribution in [1.82, 2.24) is 5.32 Å². The first kappa shape index (κ1) is 10.8. The summed E-state index contributed by atoms with van der Waals surface area (Å²) in [7, 11) is 0. The van der Waals surface area contributed by atoms with Crippen molar-refractivity contribution in [1.29, 1.82) is 0 Å². The number of rotatable bonds is 1. The van der Waals surface area contributed by atoms with Crippen LogP contribution in [-0.2, 0) is 0 Å². The predicted molar refractivity (Wildman–Crippen MR) is 46.0 cm³/mol. The molecule has 1 rings (SSSR count). The van der Waals surface area contributed by atoms with E-state index in [4.69, 9.17) is 11.5 Å². The number of halogens is 3. The van der Waals surface area contributed by atoms with E-state index in [1.165, 1.54) is 0 Å². The van der Waals surface area contributed by atoms with Gasteiger partial charge in [0.05, 0.1) is 12.3 Å². The lowest BCUT2D eigenvalue weighted by molar-refractivity contribution is -0.181. The molecule has 2 unspecified atom stereocenters. The quantitative estimate of drug-likeness (QED) is 0.579. The molecule has 0 aromatic heterocycles. The predicted octanol–water partition coefficient (Wildman–Crippen LogP) is 0.271. The molecule has 1 heterocycles. The van der Waals surface area contributed by atoms with Crippen LogP contribution in [0.5, 0.6) is 0 Å². The fraction of sp³-hybridized carbons (Fsp3) is 0.571. The topological polar surface area (TPSA) is 76.4 Å². The van der Waals surface area contributed by atoms with Crippen molar-refractivity contribution in [2.75, 3.05) is 0 Å². The zero-order valence-electron chi connectivity index (χ0n) is 7.47. The van der Waals surface area contributed by atoms with Gasteiger partial charge in [-0.25, -0.2) is 4.99 Å². The molecule has 0 amide bonds. The van der Waals surface area contributed by atoms with Gasteiger partial charge in [-0.1, -0.05) is 0 Å². The van der Waals surface area contributed by atoms with Gasteiger partial charge in [-0.05, 0) is 13.0 Å². The third-order valence-corrected chi connectivity index (χ3v) is 2.09. The standard InChI is InChI=1S/C7H11F3N4/c1-4(7(8,9)10)6(12)2-5(11)13-3-14-6/h2-4H,11-12H2,1H3,(H,13,14). The average molecular weight is 208 g/mol. The molecule has 0 bridgehead atoms. The van der Waals surface area contributed by atoms with E-state index in [-0.39, 0.29) is 5.82 Å². The number of aliphatic imine (C=N–C) groups is 1. The van der Waals surface area contributed by atoms with Crippen LogP contribution < -0.4 is 16.8 Å². The van der Waals surface area contributed by atoms with Gasteiger partial charge in [0.15, 0.2) is 0 Å². The highest BCUT2D eigenvalue weighted by Crippen LogP contribution is 2.35. The Morgan fingerprint density at radius 3 is 2.57 bits per heavy atom. The van der Waals surface area contributed by atoms with Gasteiger partial charge in [0.2, 0.25) is 0 Å².